The van der Waals surface area contributed by atoms with E-state index in [0.717, 1.165) is 5.92 Å². The minimum absolute atomic E-state index is 0.128. The van der Waals surface area contributed by atoms with Crippen LogP contribution in [0, 0.1) is 11.8 Å². The molecule has 0 spiro atoms. The highest BCUT2D eigenvalue weighted by molar-refractivity contribution is 7.11. The van der Waals surface area contributed by atoms with Gasteiger partial charge in [-0.2, -0.15) is 0 Å². The van der Waals surface area contributed by atoms with Gasteiger partial charge in [-0.05, 0) is 70.6 Å². The van der Waals surface area contributed by atoms with Crippen molar-refractivity contribution in [2.75, 3.05) is 0 Å². The fourth-order valence-electron chi connectivity index (χ4n) is 4.29. The van der Waals surface area contributed by atoms with Gasteiger partial charge in [0.25, 0.3) is 0 Å². The van der Waals surface area contributed by atoms with Gasteiger partial charge < -0.3 is 5.32 Å². The number of hydrogen-bond donors (Lipinski definition) is 1. The summed E-state index contributed by atoms with van der Waals surface area (Å²) in [6.45, 7) is 9.40. The molecule has 0 radical (unpaired) electrons. The molecule has 118 valence electrons. The van der Waals surface area contributed by atoms with E-state index in [1.807, 2.05) is 11.3 Å². The van der Waals surface area contributed by atoms with Crippen molar-refractivity contribution in [1.29, 1.82) is 0 Å². The Balaban J connectivity index is 1.97. The number of hydrogen-bond acceptors (Lipinski definition) is 3. The van der Waals surface area contributed by atoms with Crippen LogP contribution in [0.25, 0.3) is 0 Å². The first-order valence-corrected chi connectivity index (χ1v) is 9.59. The zero-order valence-electron chi connectivity index (χ0n) is 14.0. The Labute approximate surface area is 133 Å². The van der Waals surface area contributed by atoms with Gasteiger partial charge in [0.05, 0.1) is 11.2 Å². The molecule has 1 aromatic rings. The molecule has 2 aliphatic carbocycles. The SMILES string of the molecule is CC1CCC(NC(C)C)(c2nc3c(s2)CCCC3)C(C)C1. The number of thiazole rings is 1. The summed E-state index contributed by atoms with van der Waals surface area (Å²) in [4.78, 5) is 6.71. The lowest BCUT2D eigenvalue weighted by molar-refractivity contribution is 0.112. The van der Waals surface area contributed by atoms with Crippen LogP contribution < -0.4 is 5.32 Å². The normalized spacial score (nSPS) is 33.2. The Bertz CT molecular complexity index is 470. The molecular weight excluding hydrogens is 276 g/mol. The van der Waals surface area contributed by atoms with Crippen LogP contribution in [0.2, 0.25) is 0 Å². The standard InChI is InChI=1S/C18H30N2S/c1-12(2)20-18(10-9-13(3)11-14(18)4)17-19-15-7-5-6-8-16(15)21-17/h12-14,20H,5-11H2,1-4H3. The maximum atomic E-state index is 5.13. The van der Waals surface area contributed by atoms with E-state index in [1.54, 1.807) is 4.88 Å². The molecule has 0 saturated heterocycles. The molecular formula is C18H30N2S. The van der Waals surface area contributed by atoms with E-state index in [2.05, 4.69) is 33.0 Å². The fraction of sp³-hybridized carbons (Fsp3) is 0.833. The van der Waals surface area contributed by atoms with Crippen LogP contribution in [0.5, 0.6) is 0 Å². The quantitative estimate of drug-likeness (QED) is 0.877. The van der Waals surface area contributed by atoms with Gasteiger partial charge in [0.15, 0.2) is 0 Å². The van der Waals surface area contributed by atoms with Gasteiger partial charge in [-0.25, -0.2) is 4.98 Å². The summed E-state index contributed by atoms with van der Waals surface area (Å²) in [7, 11) is 0. The monoisotopic (exact) mass is 306 g/mol. The molecule has 1 N–H and O–H groups in total. The summed E-state index contributed by atoms with van der Waals surface area (Å²) in [5.41, 5.74) is 1.54. The summed E-state index contributed by atoms with van der Waals surface area (Å²) in [6, 6.07) is 0.516. The Morgan fingerprint density at radius 1 is 1.24 bits per heavy atom. The van der Waals surface area contributed by atoms with Gasteiger partial charge >= 0.3 is 0 Å². The number of rotatable bonds is 3. The first kappa shape index (κ1) is 15.5. The summed E-state index contributed by atoms with van der Waals surface area (Å²) in [5.74, 6) is 1.54. The number of aromatic nitrogens is 1. The highest BCUT2D eigenvalue weighted by Gasteiger charge is 2.44. The van der Waals surface area contributed by atoms with Crippen LogP contribution in [0.3, 0.4) is 0 Å². The van der Waals surface area contributed by atoms with E-state index in [4.69, 9.17) is 4.98 Å². The minimum atomic E-state index is 0.128. The molecule has 3 unspecified atom stereocenters. The lowest BCUT2D eigenvalue weighted by Gasteiger charge is -2.45. The lowest BCUT2D eigenvalue weighted by atomic mass is 9.70. The van der Waals surface area contributed by atoms with E-state index in [0.29, 0.717) is 12.0 Å². The molecule has 21 heavy (non-hydrogen) atoms. The van der Waals surface area contributed by atoms with Crippen LogP contribution in [0.4, 0.5) is 0 Å². The summed E-state index contributed by atoms with van der Waals surface area (Å²) < 4.78 is 0. The number of nitrogens with zero attached hydrogens (tertiary/aromatic N) is 1. The molecule has 0 bridgehead atoms. The molecule has 2 aliphatic rings. The molecule has 3 rings (SSSR count). The predicted molar refractivity (Wildman–Crippen MR) is 90.9 cm³/mol. The van der Waals surface area contributed by atoms with E-state index >= 15 is 0 Å². The number of aryl methyl sites for hydroxylation is 2. The third-order valence-electron chi connectivity index (χ3n) is 5.40. The largest absolute Gasteiger partial charge is 0.303 e. The van der Waals surface area contributed by atoms with Gasteiger partial charge in [-0.15, -0.1) is 11.3 Å². The Morgan fingerprint density at radius 2 is 2.00 bits per heavy atom. The molecule has 1 saturated carbocycles. The molecule has 3 heteroatoms. The zero-order valence-corrected chi connectivity index (χ0v) is 14.9. The molecule has 0 amide bonds. The second kappa shape index (κ2) is 6.00. The van der Waals surface area contributed by atoms with Gasteiger partial charge in [0.2, 0.25) is 0 Å². The van der Waals surface area contributed by atoms with Gasteiger partial charge in [0, 0.05) is 10.9 Å². The average Bonchev–Trinajstić information content (AvgIpc) is 2.86. The molecule has 1 aromatic heterocycles. The van der Waals surface area contributed by atoms with E-state index in [1.165, 1.54) is 55.6 Å². The smallest absolute Gasteiger partial charge is 0.114 e. The van der Waals surface area contributed by atoms with Crippen molar-refractivity contribution >= 4 is 11.3 Å². The van der Waals surface area contributed by atoms with Crippen LogP contribution in [-0.4, -0.2) is 11.0 Å². The van der Waals surface area contributed by atoms with Crippen molar-refractivity contribution in [1.82, 2.24) is 10.3 Å². The van der Waals surface area contributed by atoms with Gasteiger partial charge in [-0.1, -0.05) is 13.8 Å². The van der Waals surface area contributed by atoms with E-state index in [9.17, 15) is 0 Å². The van der Waals surface area contributed by atoms with Crippen molar-refractivity contribution < 1.29 is 0 Å². The highest BCUT2D eigenvalue weighted by atomic mass is 32.1. The zero-order chi connectivity index (χ0) is 15.0. The third-order valence-corrected chi connectivity index (χ3v) is 6.74. The van der Waals surface area contributed by atoms with Crippen molar-refractivity contribution in [2.24, 2.45) is 11.8 Å². The Hall–Kier alpha value is -0.410. The average molecular weight is 307 g/mol. The van der Waals surface area contributed by atoms with Crippen molar-refractivity contribution in [3.05, 3.63) is 15.6 Å². The number of fused-ring (bicyclic) bond motifs is 1. The van der Waals surface area contributed by atoms with E-state index in [-0.39, 0.29) is 5.54 Å². The van der Waals surface area contributed by atoms with Crippen LogP contribution in [-0.2, 0) is 18.4 Å². The second-order valence-corrected chi connectivity index (χ2v) is 8.73. The van der Waals surface area contributed by atoms with Crippen molar-refractivity contribution in [3.63, 3.8) is 0 Å². The topological polar surface area (TPSA) is 24.9 Å². The Morgan fingerprint density at radius 3 is 2.67 bits per heavy atom. The maximum Gasteiger partial charge on any atom is 0.114 e. The lowest BCUT2D eigenvalue weighted by Crippen LogP contribution is -2.53. The summed E-state index contributed by atoms with van der Waals surface area (Å²) in [6.07, 6.45) is 9.04. The van der Waals surface area contributed by atoms with Crippen LogP contribution in [0.15, 0.2) is 0 Å². The maximum absolute atomic E-state index is 5.13. The predicted octanol–water partition coefficient (Wildman–Crippen LogP) is 4.67. The summed E-state index contributed by atoms with van der Waals surface area (Å²) >= 11 is 2.01. The molecule has 1 fully saturated rings. The van der Waals surface area contributed by atoms with Crippen LogP contribution >= 0.6 is 11.3 Å². The molecule has 0 aliphatic heterocycles. The van der Waals surface area contributed by atoms with Gasteiger partial charge in [-0.3, -0.25) is 0 Å². The summed E-state index contributed by atoms with van der Waals surface area (Å²) in [5, 5.41) is 5.33. The Kier molecular flexibility index (Phi) is 4.42. The van der Waals surface area contributed by atoms with E-state index < -0.39 is 0 Å². The first-order chi connectivity index (χ1) is 10.0. The van der Waals surface area contributed by atoms with Gasteiger partial charge in [0.1, 0.15) is 5.01 Å². The number of nitrogens with one attached hydrogen (secondary N) is 1. The molecule has 1 heterocycles. The van der Waals surface area contributed by atoms with Crippen molar-refractivity contribution in [3.8, 4) is 0 Å². The third kappa shape index (κ3) is 2.92. The fourth-order valence-corrected chi connectivity index (χ4v) is 5.74. The molecule has 2 nitrogen and oxygen atoms in total. The first-order valence-electron chi connectivity index (χ1n) is 8.78. The highest BCUT2D eigenvalue weighted by Crippen LogP contribution is 2.46. The second-order valence-electron chi connectivity index (χ2n) is 7.65. The molecule has 0 aromatic carbocycles. The molecule has 3 atom stereocenters. The minimum Gasteiger partial charge on any atom is -0.303 e. The van der Waals surface area contributed by atoms with Crippen molar-refractivity contribution in [2.45, 2.75) is 84.2 Å². The van der Waals surface area contributed by atoms with Crippen LogP contribution in [0.1, 0.15) is 75.4 Å².